The highest BCUT2D eigenvalue weighted by molar-refractivity contribution is 6.32. The first kappa shape index (κ1) is 14.9. The van der Waals surface area contributed by atoms with Crippen LogP contribution in [0.1, 0.15) is 26.3 Å². The molecule has 0 spiro atoms. The summed E-state index contributed by atoms with van der Waals surface area (Å²) < 4.78 is 7.38. The van der Waals surface area contributed by atoms with E-state index in [0.717, 1.165) is 12.1 Å². The van der Waals surface area contributed by atoms with Gasteiger partial charge in [0, 0.05) is 19.1 Å². The zero-order valence-electron chi connectivity index (χ0n) is 12.3. The standard InChI is InChI=1S/C15H20ClN3O/c1-15(2,3)17-8-11-5-6-14(13(16)7-11)20-12-9-18-19(4)10-12/h5-7,9-10,17H,8H2,1-4H3. The second-order valence-electron chi connectivity index (χ2n) is 5.82. The number of rotatable bonds is 4. The van der Waals surface area contributed by atoms with Crippen LogP contribution in [0.3, 0.4) is 0 Å². The summed E-state index contributed by atoms with van der Waals surface area (Å²) in [6.45, 7) is 7.17. The fourth-order valence-corrected chi connectivity index (χ4v) is 1.92. The van der Waals surface area contributed by atoms with E-state index in [2.05, 4.69) is 31.2 Å². The third-order valence-corrected chi connectivity index (χ3v) is 3.02. The summed E-state index contributed by atoms with van der Waals surface area (Å²) in [5.74, 6) is 1.31. The molecule has 0 saturated carbocycles. The molecule has 0 bridgehead atoms. The first-order valence-electron chi connectivity index (χ1n) is 6.53. The van der Waals surface area contributed by atoms with Crippen LogP contribution in [0.25, 0.3) is 0 Å². The first-order chi connectivity index (χ1) is 9.33. The van der Waals surface area contributed by atoms with Gasteiger partial charge >= 0.3 is 0 Å². The molecule has 0 aliphatic rings. The summed E-state index contributed by atoms with van der Waals surface area (Å²) in [5.41, 5.74) is 1.21. The maximum Gasteiger partial charge on any atom is 0.165 e. The Morgan fingerprint density at radius 2 is 2.10 bits per heavy atom. The fraction of sp³-hybridized carbons (Fsp3) is 0.400. The molecule has 108 valence electrons. The van der Waals surface area contributed by atoms with E-state index in [1.165, 1.54) is 0 Å². The van der Waals surface area contributed by atoms with Crippen LogP contribution in [0.5, 0.6) is 11.5 Å². The Labute approximate surface area is 124 Å². The van der Waals surface area contributed by atoms with Gasteiger partial charge in [-0.25, -0.2) is 0 Å². The van der Waals surface area contributed by atoms with Crippen molar-refractivity contribution in [2.75, 3.05) is 0 Å². The largest absolute Gasteiger partial charge is 0.452 e. The van der Waals surface area contributed by atoms with Crippen molar-refractivity contribution in [3.63, 3.8) is 0 Å². The fourth-order valence-electron chi connectivity index (χ4n) is 1.68. The predicted octanol–water partition coefficient (Wildman–Crippen LogP) is 3.75. The van der Waals surface area contributed by atoms with Gasteiger partial charge < -0.3 is 10.1 Å². The number of nitrogens with one attached hydrogen (secondary N) is 1. The zero-order chi connectivity index (χ0) is 14.8. The number of hydrogen-bond donors (Lipinski definition) is 1. The van der Waals surface area contributed by atoms with Gasteiger partial charge in [-0.05, 0) is 38.5 Å². The second kappa shape index (κ2) is 5.85. The number of aromatic nitrogens is 2. The van der Waals surface area contributed by atoms with E-state index < -0.39 is 0 Å². The first-order valence-corrected chi connectivity index (χ1v) is 6.91. The van der Waals surface area contributed by atoms with Gasteiger partial charge in [-0.2, -0.15) is 5.10 Å². The molecule has 0 radical (unpaired) electrons. The van der Waals surface area contributed by atoms with Crippen molar-refractivity contribution < 1.29 is 4.74 Å². The molecule has 0 saturated heterocycles. The van der Waals surface area contributed by atoms with Crippen molar-refractivity contribution in [3.05, 3.63) is 41.2 Å². The minimum atomic E-state index is 0.0807. The number of halogens is 1. The molecule has 5 heteroatoms. The molecule has 2 rings (SSSR count). The van der Waals surface area contributed by atoms with Crippen molar-refractivity contribution in [3.8, 4) is 11.5 Å². The van der Waals surface area contributed by atoms with Crippen LogP contribution in [0, 0.1) is 0 Å². The minimum Gasteiger partial charge on any atom is -0.452 e. The number of nitrogens with zero attached hydrogens (tertiary/aromatic N) is 2. The molecule has 1 aromatic heterocycles. The lowest BCUT2D eigenvalue weighted by molar-refractivity contribution is 0.424. The van der Waals surface area contributed by atoms with Crippen LogP contribution >= 0.6 is 11.6 Å². The van der Waals surface area contributed by atoms with Crippen molar-refractivity contribution in [1.82, 2.24) is 15.1 Å². The van der Waals surface area contributed by atoms with Crippen LogP contribution in [0.4, 0.5) is 0 Å². The smallest absolute Gasteiger partial charge is 0.165 e. The summed E-state index contributed by atoms with van der Waals surface area (Å²) in [6.07, 6.45) is 3.46. The lowest BCUT2D eigenvalue weighted by atomic mass is 10.1. The third kappa shape index (κ3) is 4.25. The normalized spacial score (nSPS) is 11.7. The molecular weight excluding hydrogens is 274 g/mol. The molecule has 20 heavy (non-hydrogen) atoms. The number of aryl methyl sites for hydroxylation is 1. The van der Waals surface area contributed by atoms with Crippen molar-refractivity contribution in [2.45, 2.75) is 32.9 Å². The van der Waals surface area contributed by atoms with Crippen molar-refractivity contribution >= 4 is 11.6 Å². The number of ether oxygens (including phenoxy) is 1. The maximum absolute atomic E-state index is 6.26. The molecule has 1 aromatic carbocycles. The Morgan fingerprint density at radius 3 is 2.65 bits per heavy atom. The monoisotopic (exact) mass is 293 g/mol. The van der Waals surface area contributed by atoms with Gasteiger partial charge in [0.25, 0.3) is 0 Å². The molecule has 1 N–H and O–H groups in total. The topological polar surface area (TPSA) is 39.1 Å². The summed E-state index contributed by atoms with van der Waals surface area (Å²) in [4.78, 5) is 0. The number of hydrogen-bond acceptors (Lipinski definition) is 3. The van der Waals surface area contributed by atoms with E-state index in [1.807, 2.05) is 25.2 Å². The average molecular weight is 294 g/mol. The summed E-state index contributed by atoms with van der Waals surface area (Å²) in [5, 5.41) is 8.08. The van der Waals surface area contributed by atoms with Gasteiger partial charge in [-0.1, -0.05) is 17.7 Å². The SMILES string of the molecule is Cn1cc(Oc2ccc(CNC(C)(C)C)cc2Cl)cn1. The average Bonchev–Trinajstić information content (AvgIpc) is 2.74. The van der Waals surface area contributed by atoms with Crippen LogP contribution in [-0.2, 0) is 13.6 Å². The van der Waals surface area contributed by atoms with Crippen LogP contribution in [-0.4, -0.2) is 15.3 Å². The van der Waals surface area contributed by atoms with Gasteiger partial charge in [-0.15, -0.1) is 0 Å². The lowest BCUT2D eigenvalue weighted by Gasteiger charge is -2.20. The molecular formula is C15H20ClN3O. The highest BCUT2D eigenvalue weighted by atomic mass is 35.5. The molecule has 2 aromatic rings. The van der Waals surface area contributed by atoms with Crippen molar-refractivity contribution in [2.24, 2.45) is 7.05 Å². The highest BCUT2D eigenvalue weighted by Crippen LogP contribution is 2.29. The minimum absolute atomic E-state index is 0.0807. The third-order valence-electron chi connectivity index (χ3n) is 2.73. The molecule has 0 amide bonds. The summed E-state index contributed by atoms with van der Waals surface area (Å²) in [7, 11) is 1.84. The molecule has 0 unspecified atom stereocenters. The van der Waals surface area contributed by atoms with E-state index in [1.54, 1.807) is 17.1 Å². The Hall–Kier alpha value is -1.52. The van der Waals surface area contributed by atoms with Gasteiger partial charge in [0.05, 0.1) is 17.4 Å². The Morgan fingerprint density at radius 1 is 1.35 bits per heavy atom. The van der Waals surface area contributed by atoms with E-state index in [-0.39, 0.29) is 5.54 Å². The van der Waals surface area contributed by atoms with Crippen molar-refractivity contribution in [1.29, 1.82) is 0 Å². The molecule has 0 fully saturated rings. The maximum atomic E-state index is 6.26. The van der Waals surface area contributed by atoms with Gasteiger partial charge in [0.1, 0.15) is 5.75 Å². The Bertz CT molecular complexity index is 587. The van der Waals surface area contributed by atoms with E-state index in [0.29, 0.717) is 16.5 Å². The van der Waals surface area contributed by atoms with Gasteiger partial charge in [0.2, 0.25) is 0 Å². The van der Waals surface area contributed by atoms with Crippen LogP contribution in [0.15, 0.2) is 30.6 Å². The molecule has 0 aliphatic carbocycles. The Kier molecular flexibility index (Phi) is 4.35. The highest BCUT2D eigenvalue weighted by Gasteiger charge is 2.10. The van der Waals surface area contributed by atoms with Gasteiger partial charge in [0.15, 0.2) is 5.75 Å². The van der Waals surface area contributed by atoms with E-state index >= 15 is 0 Å². The zero-order valence-corrected chi connectivity index (χ0v) is 13.0. The van der Waals surface area contributed by atoms with E-state index in [9.17, 15) is 0 Å². The van der Waals surface area contributed by atoms with Crippen LogP contribution in [0.2, 0.25) is 5.02 Å². The Balaban J connectivity index is 2.06. The molecule has 0 aliphatic heterocycles. The van der Waals surface area contributed by atoms with Gasteiger partial charge in [-0.3, -0.25) is 4.68 Å². The molecule has 4 nitrogen and oxygen atoms in total. The number of benzene rings is 1. The van der Waals surface area contributed by atoms with E-state index in [4.69, 9.17) is 16.3 Å². The lowest BCUT2D eigenvalue weighted by Crippen LogP contribution is -2.35. The molecule has 1 heterocycles. The predicted molar refractivity (Wildman–Crippen MR) is 81.3 cm³/mol. The quantitative estimate of drug-likeness (QED) is 0.933. The second-order valence-corrected chi connectivity index (χ2v) is 6.23. The van der Waals surface area contributed by atoms with Crippen LogP contribution < -0.4 is 10.1 Å². The summed E-state index contributed by atoms with van der Waals surface area (Å²) >= 11 is 6.26. The summed E-state index contributed by atoms with van der Waals surface area (Å²) in [6, 6.07) is 5.82. The molecule has 0 atom stereocenters.